The average molecular weight is 1080 g/mol. The first-order chi connectivity index (χ1) is 41.7. The van der Waals surface area contributed by atoms with Gasteiger partial charge in [0.2, 0.25) is 0 Å². The Hall–Kier alpha value is -11.2. The summed E-state index contributed by atoms with van der Waals surface area (Å²) in [5, 5.41) is 2.36. The van der Waals surface area contributed by atoms with Crippen LogP contribution in [0.2, 0.25) is 0 Å². The second-order valence-electron chi connectivity index (χ2n) is 20.6. The molecule has 0 radical (unpaired) electrons. The monoisotopic (exact) mass is 1080 g/mol. The molecule has 0 heterocycles. The zero-order valence-corrected chi connectivity index (χ0v) is 46.4. The number of hydrogen-bond acceptors (Lipinski definition) is 4. The van der Waals surface area contributed by atoms with E-state index >= 15 is 0 Å². The van der Waals surface area contributed by atoms with Crippen molar-refractivity contribution in [2.45, 2.75) is 0 Å². The van der Waals surface area contributed by atoms with Crippen molar-refractivity contribution < 1.29 is 0 Å². The first kappa shape index (κ1) is 52.2. The molecule has 0 saturated heterocycles. The lowest BCUT2D eigenvalue weighted by atomic mass is 9.96. The number of hydrogen-bond donors (Lipinski definition) is 0. The molecular weight excluding hydrogens is 1020 g/mol. The molecule has 0 N–H and O–H groups in total. The fraction of sp³-hybridized carbons (Fsp3) is 0. The minimum Gasteiger partial charge on any atom is -0.311 e. The first-order valence-corrected chi connectivity index (χ1v) is 28.6. The number of para-hydroxylation sites is 6. The number of nitrogens with zero attached hydrogens (tertiary/aromatic N) is 4. The molecule has 0 unspecified atom stereocenters. The summed E-state index contributed by atoms with van der Waals surface area (Å²) in [5.41, 5.74) is 20.1. The van der Waals surface area contributed by atoms with E-state index in [-0.39, 0.29) is 0 Å². The molecular formula is C80H60N4. The summed E-state index contributed by atoms with van der Waals surface area (Å²) in [6.45, 7) is 0. The Morgan fingerprint density at radius 3 is 0.690 bits per heavy atom. The number of benzene rings is 13. The van der Waals surface area contributed by atoms with Gasteiger partial charge in [-0.3, -0.25) is 0 Å². The van der Waals surface area contributed by atoms with Gasteiger partial charge in [0.05, 0.1) is 5.69 Å². The Kier molecular flexibility index (Phi) is 15.3. The smallest absolute Gasteiger partial charge is 0.0540 e. The highest BCUT2D eigenvalue weighted by molar-refractivity contribution is 6.06. The quantitative estimate of drug-likeness (QED) is 0.0843. The van der Waals surface area contributed by atoms with E-state index in [1.165, 1.54) is 16.3 Å². The van der Waals surface area contributed by atoms with Crippen molar-refractivity contribution in [1.82, 2.24) is 0 Å². The third-order valence-electron chi connectivity index (χ3n) is 15.2. The number of fused-ring (bicyclic) bond motifs is 1. The van der Waals surface area contributed by atoms with Crippen LogP contribution >= 0.6 is 0 Å². The van der Waals surface area contributed by atoms with Gasteiger partial charge in [-0.1, -0.05) is 224 Å². The summed E-state index contributed by atoms with van der Waals surface area (Å²) in [5.74, 6) is 0. The Bertz CT molecular complexity index is 4210. The lowest BCUT2D eigenvalue weighted by molar-refractivity contribution is 1.28. The van der Waals surface area contributed by atoms with Crippen LogP contribution in [0, 0.1) is 0 Å². The normalized spacial score (nSPS) is 11.2. The van der Waals surface area contributed by atoms with Gasteiger partial charge in [-0.05, 0) is 178 Å². The molecule has 13 rings (SSSR count). The molecule has 84 heavy (non-hydrogen) atoms. The third kappa shape index (κ3) is 11.6. The highest BCUT2D eigenvalue weighted by Crippen LogP contribution is 2.44. The maximum Gasteiger partial charge on any atom is 0.0540 e. The predicted molar refractivity (Wildman–Crippen MR) is 359 cm³/mol. The molecule has 4 heteroatoms. The molecule has 0 aromatic heterocycles. The van der Waals surface area contributed by atoms with E-state index in [2.05, 4.69) is 384 Å². The fourth-order valence-corrected chi connectivity index (χ4v) is 11.1. The van der Waals surface area contributed by atoms with Crippen LogP contribution in [0.3, 0.4) is 0 Å². The van der Waals surface area contributed by atoms with Crippen molar-refractivity contribution in [2.24, 2.45) is 0 Å². The molecule has 400 valence electrons. The van der Waals surface area contributed by atoms with Gasteiger partial charge in [-0.25, -0.2) is 0 Å². The summed E-state index contributed by atoms with van der Waals surface area (Å²) in [6, 6.07) is 121. The number of rotatable bonds is 17. The van der Waals surface area contributed by atoms with Crippen LogP contribution in [-0.4, -0.2) is 0 Å². The van der Waals surface area contributed by atoms with Gasteiger partial charge < -0.3 is 19.6 Å². The zero-order valence-electron chi connectivity index (χ0n) is 46.4. The summed E-state index contributed by atoms with van der Waals surface area (Å²) >= 11 is 0. The van der Waals surface area contributed by atoms with Crippen LogP contribution in [0.4, 0.5) is 68.2 Å². The maximum absolute atomic E-state index is 2.37. The van der Waals surface area contributed by atoms with E-state index in [1.54, 1.807) is 0 Å². The van der Waals surface area contributed by atoms with Crippen LogP contribution in [0.5, 0.6) is 0 Å². The Morgan fingerprint density at radius 2 is 0.393 bits per heavy atom. The van der Waals surface area contributed by atoms with E-state index in [9.17, 15) is 0 Å². The van der Waals surface area contributed by atoms with Gasteiger partial charge in [-0.2, -0.15) is 0 Å². The molecule has 0 bridgehead atoms. The summed E-state index contributed by atoms with van der Waals surface area (Å²) < 4.78 is 0. The van der Waals surface area contributed by atoms with Crippen LogP contribution in [-0.2, 0) is 0 Å². The molecule has 0 aliphatic carbocycles. The lowest BCUT2D eigenvalue weighted by Gasteiger charge is -2.28. The Labute approximate surface area is 493 Å². The van der Waals surface area contributed by atoms with Crippen molar-refractivity contribution in [3.05, 3.63) is 362 Å². The summed E-state index contributed by atoms with van der Waals surface area (Å²) in [7, 11) is 0. The largest absolute Gasteiger partial charge is 0.311 e. The van der Waals surface area contributed by atoms with Gasteiger partial charge >= 0.3 is 0 Å². The van der Waals surface area contributed by atoms with E-state index in [0.29, 0.717) is 0 Å². The molecule has 0 amide bonds. The first-order valence-electron chi connectivity index (χ1n) is 28.6. The number of anilines is 12. The molecule has 0 saturated carbocycles. The fourth-order valence-electron chi connectivity index (χ4n) is 11.1. The minimum absolute atomic E-state index is 1.08. The SMILES string of the molecule is C(=Cc1ccc(N(c2ccccc2)c2ccc(-c3ccc(N(c4ccccc4)c4ccc(C=Cc5ccc(N(c6ccccc6)c6ccccc6)cc5)cc4)c4ccccc34)cc2)cc1)c1ccc(N(c2ccccc2)c2ccccc2)cc1. The second kappa shape index (κ2) is 24.7. The van der Waals surface area contributed by atoms with E-state index in [0.717, 1.165) is 96.1 Å². The van der Waals surface area contributed by atoms with Gasteiger partial charge in [0.15, 0.2) is 0 Å². The molecule has 0 aliphatic heterocycles. The van der Waals surface area contributed by atoms with E-state index in [1.807, 2.05) is 0 Å². The standard InChI is InChI=1S/C80H60N4/c1-7-21-66(22-8-1)81(67-23-9-2-10-24-67)72-49-39-61(40-50-72)35-36-63-43-53-74(54-44-63)83(70-29-15-5-16-30-70)75-57-47-65(48-58-75)77-59-60-80(79-34-20-19-33-78(77)79)84(71-31-17-6-18-32-71)76-55-45-64(46-56-76)38-37-62-41-51-73(52-42-62)82(68-25-11-3-12-26-68)69-27-13-4-14-28-69/h1-60H. The van der Waals surface area contributed by atoms with Crippen LogP contribution in [0.25, 0.3) is 46.2 Å². The lowest BCUT2D eigenvalue weighted by Crippen LogP contribution is -2.10. The molecule has 13 aromatic rings. The minimum atomic E-state index is 1.08. The van der Waals surface area contributed by atoms with Crippen LogP contribution in [0.1, 0.15) is 22.3 Å². The Morgan fingerprint density at radius 1 is 0.167 bits per heavy atom. The average Bonchev–Trinajstić information content (AvgIpc) is 3.73. The van der Waals surface area contributed by atoms with Crippen molar-refractivity contribution in [2.75, 3.05) is 19.6 Å². The molecule has 0 atom stereocenters. The van der Waals surface area contributed by atoms with Crippen LogP contribution in [0.15, 0.2) is 340 Å². The zero-order chi connectivity index (χ0) is 56.3. The van der Waals surface area contributed by atoms with Crippen molar-refractivity contribution in [3.63, 3.8) is 0 Å². The van der Waals surface area contributed by atoms with Gasteiger partial charge in [-0.15, -0.1) is 0 Å². The molecule has 0 spiro atoms. The molecule has 0 fully saturated rings. The second-order valence-corrected chi connectivity index (χ2v) is 20.6. The van der Waals surface area contributed by atoms with Crippen molar-refractivity contribution >= 4 is 103 Å². The Balaban J connectivity index is 0.739. The van der Waals surface area contributed by atoms with Crippen molar-refractivity contribution in [3.8, 4) is 11.1 Å². The van der Waals surface area contributed by atoms with Crippen molar-refractivity contribution in [1.29, 1.82) is 0 Å². The van der Waals surface area contributed by atoms with E-state index in [4.69, 9.17) is 0 Å². The van der Waals surface area contributed by atoms with Crippen LogP contribution < -0.4 is 19.6 Å². The molecule has 13 aromatic carbocycles. The summed E-state index contributed by atoms with van der Waals surface area (Å²) in [6.07, 6.45) is 8.74. The third-order valence-corrected chi connectivity index (χ3v) is 15.2. The summed E-state index contributed by atoms with van der Waals surface area (Å²) in [4.78, 5) is 9.26. The van der Waals surface area contributed by atoms with Gasteiger partial charge in [0.1, 0.15) is 0 Å². The maximum atomic E-state index is 2.37. The van der Waals surface area contributed by atoms with Gasteiger partial charge in [0, 0.05) is 67.9 Å². The predicted octanol–water partition coefficient (Wildman–Crippen LogP) is 22.7. The molecule has 0 aliphatic rings. The highest BCUT2D eigenvalue weighted by atomic mass is 15.2. The van der Waals surface area contributed by atoms with E-state index < -0.39 is 0 Å². The molecule has 4 nitrogen and oxygen atoms in total. The van der Waals surface area contributed by atoms with Gasteiger partial charge in [0.25, 0.3) is 0 Å². The highest BCUT2D eigenvalue weighted by Gasteiger charge is 2.19. The topological polar surface area (TPSA) is 13.0 Å².